The number of benzene rings is 1. The fraction of sp³-hybridized carbons (Fsp3) is 0.435. The maximum Gasteiger partial charge on any atom is 0.307 e. The highest BCUT2D eigenvalue weighted by atomic mass is 32.2. The fourth-order valence-corrected chi connectivity index (χ4v) is 4.71. The topological polar surface area (TPSA) is 84.1 Å². The molecule has 0 saturated heterocycles. The summed E-state index contributed by atoms with van der Waals surface area (Å²) in [5.74, 6) is -0.291. The molecule has 1 aromatic heterocycles. The highest BCUT2D eigenvalue weighted by molar-refractivity contribution is 7.99. The van der Waals surface area contributed by atoms with Gasteiger partial charge in [-0.2, -0.15) is 5.26 Å². The summed E-state index contributed by atoms with van der Waals surface area (Å²) in [7, 11) is 0. The molecule has 1 aliphatic carbocycles. The third kappa shape index (κ3) is 5.67. The number of nitriles is 1. The molecule has 31 heavy (non-hydrogen) atoms. The van der Waals surface area contributed by atoms with Gasteiger partial charge in [0, 0.05) is 22.4 Å². The standard InChI is InChI=1S/C23H26FN3O3S/c1-15-16(2)27(18-5-3-4-6-18)23(20(15)13-25)26-21(28)14-30-22(29)11-12-31-19-9-7-17(24)8-10-19/h7-10,18H,3-6,11-12,14H2,1-2H3,(H,26,28). The van der Waals surface area contributed by atoms with Crippen molar-refractivity contribution in [2.24, 2.45) is 0 Å². The van der Waals surface area contributed by atoms with E-state index in [0.29, 0.717) is 17.1 Å². The summed E-state index contributed by atoms with van der Waals surface area (Å²) < 4.78 is 20.1. The zero-order chi connectivity index (χ0) is 22.4. The largest absolute Gasteiger partial charge is 0.456 e. The second-order valence-corrected chi connectivity index (χ2v) is 8.78. The number of anilines is 1. The lowest BCUT2D eigenvalue weighted by molar-refractivity contribution is -0.146. The lowest BCUT2D eigenvalue weighted by Crippen LogP contribution is -2.24. The zero-order valence-corrected chi connectivity index (χ0v) is 18.6. The molecule has 1 aromatic carbocycles. The molecule has 1 fully saturated rings. The minimum atomic E-state index is -0.483. The van der Waals surface area contributed by atoms with Gasteiger partial charge in [0.05, 0.1) is 12.0 Å². The molecule has 0 atom stereocenters. The van der Waals surface area contributed by atoms with E-state index >= 15 is 0 Å². The summed E-state index contributed by atoms with van der Waals surface area (Å²) in [6, 6.07) is 8.49. The smallest absolute Gasteiger partial charge is 0.307 e. The van der Waals surface area contributed by atoms with Crippen molar-refractivity contribution in [1.82, 2.24) is 4.57 Å². The van der Waals surface area contributed by atoms with Crippen molar-refractivity contribution < 1.29 is 18.7 Å². The Bertz CT molecular complexity index is 989. The number of hydrogen-bond donors (Lipinski definition) is 1. The maximum atomic E-state index is 12.9. The Morgan fingerprint density at radius 3 is 2.58 bits per heavy atom. The van der Waals surface area contributed by atoms with Gasteiger partial charge in [-0.3, -0.25) is 9.59 Å². The first kappa shape index (κ1) is 22.9. The number of carbonyl (C=O) groups is 2. The molecule has 0 bridgehead atoms. The molecule has 1 heterocycles. The van der Waals surface area contributed by atoms with Crippen LogP contribution in [0.2, 0.25) is 0 Å². The summed E-state index contributed by atoms with van der Waals surface area (Å²) in [4.78, 5) is 25.3. The Morgan fingerprint density at radius 1 is 1.26 bits per heavy atom. The molecule has 8 heteroatoms. The maximum absolute atomic E-state index is 12.9. The predicted octanol–water partition coefficient (Wildman–Crippen LogP) is 4.89. The van der Waals surface area contributed by atoms with E-state index in [0.717, 1.165) is 41.8 Å². The quantitative estimate of drug-likeness (QED) is 0.464. The molecule has 0 spiro atoms. The molecule has 1 saturated carbocycles. The average molecular weight is 444 g/mol. The van der Waals surface area contributed by atoms with E-state index in [9.17, 15) is 19.2 Å². The number of ether oxygens (including phenoxy) is 1. The Balaban J connectivity index is 1.53. The minimum Gasteiger partial charge on any atom is -0.456 e. The SMILES string of the molecule is Cc1c(C#N)c(NC(=O)COC(=O)CCSc2ccc(F)cc2)n(C2CCCC2)c1C. The number of esters is 1. The third-order valence-electron chi connectivity index (χ3n) is 5.57. The molecule has 0 radical (unpaired) electrons. The van der Waals surface area contributed by atoms with Crippen LogP contribution < -0.4 is 5.32 Å². The summed E-state index contributed by atoms with van der Waals surface area (Å²) >= 11 is 1.41. The van der Waals surface area contributed by atoms with Crippen molar-refractivity contribution in [2.45, 2.75) is 56.9 Å². The van der Waals surface area contributed by atoms with Crippen molar-refractivity contribution in [3.05, 3.63) is 46.9 Å². The van der Waals surface area contributed by atoms with Gasteiger partial charge in [-0.05, 0) is 56.5 Å². The number of nitrogens with one attached hydrogen (secondary N) is 1. The Morgan fingerprint density at radius 2 is 1.94 bits per heavy atom. The Labute approximate surface area is 185 Å². The monoisotopic (exact) mass is 443 g/mol. The van der Waals surface area contributed by atoms with Gasteiger partial charge < -0.3 is 14.6 Å². The molecule has 1 amide bonds. The molecule has 1 aliphatic rings. The number of nitrogens with zero attached hydrogens (tertiary/aromatic N) is 2. The Kier molecular flexibility index (Phi) is 7.75. The van der Waals surface area contributed by atoms with Gasteiger partial charge >= 0.3 is 5.97 Å². The second-order valence-electron chi connectivity index (χ2n) is 7.62. The van der Waals surface area contributed by atoms with Gasteiger partial charge in [-0.25, -0.2) is 4.39 Å². The van der Waals surface area contributed by atoms with Crippen molar-refractivity contribution in [2.75, 3.05) is 17.7 Å². The molecule has 0 aliphatic heterocycles. The van der Waals surface area contributed by atoms with E-state index in [1.165, 1.54) is 23.9 Å². The van der Waals surface area contributed by atoms with E-state index in [-0.39, 0.29) is 18.3 Å². The number of halogens is 1. The normalized spacial score (nSPS) is 13.7. The summed E-state index contributed by atoms with van der Waals surface area (Å²) in [6.45, 7) is 3.44. The average Bonchev–Trinajstić information content (AvgIpc) is 3.35. The summed E-state index contributed by atoms with van der Waals surface area (Å²) in [6.07, 6.45) is 4.43. The molecule has 164 valence electrons. The first-order chi connectivity index (χ1) is 14.9. The number of carbonyl (C=O) groups excluding carboxylic acids is 2. The third-order valence-corrected chi connectivity index (χ3v) is 6.58. The highest BCUT2D eigenvalue weighted by Crippen LogP contribution is 2.37. The van der Waals surface area contributed by atoms with Crippen LogP contribution in [0.1, 0.15) is 55.0 Å². The zero-order valence-electron chi connectivity index (χ0n) is 17.7. The number of hydrogen-bond acceptors (Lipinski definition) is 5. The van der Waals surface area contributed by atoms with Crippen molar-refractivity contribution in [1.29, 1.82) is 5.26 Å². The van der Waals surface area contributed by atoms with E-state index in [2.05, 4.69) is 16.0 Å². The van der Waals surface area contributed by atoms with Crippen molar-refractivity contribution in [3.8, 4) is 6.07 Å². The van der Waals surface area contributed by atoms with Gasteiger partial charge in [-0.15, -0.1) is 11.8 Å². The summed E-state index contributed by atoms with van der Waals surface area (Å²) in [5.41, 5.74) is 2.30. The molecule has 2 aromatic rings. The number of rotatable bonds is 8. The number of aromatic nitrogens is 1. The van der Waals surface area contributed by atoms with Crippen LogP contribution in [0, 0.1) is 31.0 Å². The fourth-order valence-electron chi connectivity index (χ4n) is 3.88. The van der Waals surface area contributed by atoms with Crippen LogP contribution in [0.3, 0.4) is 0 Å². The Hall–Kier alpha value is -2.79. The molecule has 1 N–H and O–H groups in total. The van der Waals surface area contributed by atoms with Crippen LogP contribution in [0.4, 0.5) is 10.2 Å². The predicted molar refractivity (Wildman–Crippen MR) is 117 cm³/mol. The molecular formula is C23H26FN3O3S. The van der Waals surface area contributed by atoms with Crippen LogP contribution in [0.15, 0.2) is 29.2 Å². The van der Waals surface area contributed by atoms with Gasteiger partial charge in [0.25, 0.3) is 5.91 Å². The second kappa shape index (κ2) is 10.5. The lowest BCUT2D eigenvalue weighted by atomic mass is 10.2. The minimum absolute atomic E-state index is 0.134. The van der Waals surface area contributed by atoms with Gasteiger partial charge in [0.15, 0.2) is 6.61 Å². The van der Waals surface area contributed by atoms with Crippen LogP contribution in [-0.4, -0.2) is 28.8 Å². The van der Waals surface area contributed by atoms with Crippen LogP contribution >= 0.6 is 11.8 Å². The van der Waals surface area contributed by atoms with Crippen LogP contribution in [-0.2, 0) is 14.3 Å². The summed E-state index contributed by atoms with van der Waals surface area (Å²) in [5, 5.41) is 12.4. The molecule has 3 rings (SSSR count). The van der Waals surface area contributed by atoms with Crippen LogP contribution in [0.25, 0.3) is 0 Å². The molecular weight excluding hydrogens is 417 g/mol. The molecule has 0 unspecified atom stereocenters. The first-order valence-electron chi connectivity index (χ1n) is 10.4. The van der Waals surface area contributed by atoms with Crippen molar-refractivity contribution in [3.63, 3.8) is 0 Å². The highest BCUT2D eigenvalue weighted by Gasteiger charge is 2.26. The lowest BCUT2D eigenvalue weighted by Gasteiger charge is -2.19. The van der Waals surface area contributed by atoms with E-state index in [4.69, 9.17) is 4.74 Å². The van der Waals surface area contributed by atoms with E-state index < -0.39 is 18.5 Å². The molecule has 6 nitrogen and oxygen atoms in total. The first-order valence-corrected chi connectivity index (χ1v) is 11.3. The van der Waals surface area contributed by atoms with Gasteiger partial charge in [-0.1, -0.05) is 12.8 Å². The van der Waals surface area contributed by atoms with E-state index in [1.54, 1.807) is 12.1 Å². The van der Waals surface area contributed by atoms with Crippen LogP contribution in [0.5, 0.6) is 0 Å². The van der Waals surface area contributed by atoms with E-state index in [1.807, 2.05) is 13.8 Å². The van der Waals surface area contributed by atoms with Gasteiger partial charge in [0.2, 0.25) is 0 Å². The van der Waals surface area contributed by atoms with Gasteiger partial charge in [0.1, 0.15) is 17.7 Å². The number of thioether (sulfide) groups is 1. The number of amides is 1. The van der Waals surface area contributed by atoms with Crippen molar-refractivity contribution >= 4 is 29.5 Å².